The fourth-order valence-electron chi connectivity index (χ4n) is 4.44. The highest BCUT2D eigenvalue weighted by molar-refractivity contribution is 7.89. The summed E-state index contributed by atoms with van der Waals surface area (Å²) in [5.41, 5.74) is 2.59. The van der Waals surface area contributed by atoms with Crippen molar-refractivity contribution in [3.8, 4) is 0 Å². The van der Waals surface area contributed by atoms with E-state index >= 15 is 0 Å². The van der Waals surface area contributed by atoms with Crippen molar-refractivity contribution < 1.29 is 31.6 Å². The quantitative estimate of drug-likeness (QED) is 0.235. The van der Waals surface area contributed by atoms with Gasteiger partial charge in [-0.15, -0.1) is 0 Å². The Morgan fingerprint density at radius 1 is 1.11 bits per heavy atom. The second-order valence-corrected chi connectivity index (χ2v) is 13.6. The highest BCUT2D eigenvalue weighted by Crippen LogP contribution is 2.49. The van der Waals surface area contributed by atoms with E-state index in [1.165, 1.54) is 6.07 Å². The molecule has 3 rings (SSSR count). The molecule has 1 heterocycles. The van der Waals surface area contributed by atoms with Crippen LogP contribution in [-0.4, -0.2) is 69.8 Å². The maximum Gasteiger partial charge on any atom is 0.345 e. The van der Waals surface area contributed by atoms with Crippen LogP contribution in [0.4, 0.5) is 0 Å². The highest BCUT2D eigenvalue weighted by atomic mass is 35.5. The summed E-state index contributed by atoms with van der Waals surface area (Å²) in [5, 5.41) is 1.05. The number of benzene rings is 2. The minimum absolute atomic E-state index is 0.0415. The zero-order valence-electron chi connectivity index (χ0n) is 21.9. The van der Waals surface area contributed by atoms with Crippen LogP contribution in [0, 0.1) is 0 Å². The van der Waals surface area contributed by atoms with Crippen LogP contribution < -0.4 is 0 Å². The van der Waals surface area contributed by atoms with E-state index < -0.39 is 36.4 Å². The first-order valence-corrected chi connectivity index (χ1v) is 16.2. The monoisotopic (exact) mass is 606 g/mol. The number of nitrogens with zero attached hydrogens (tertiary/aromatic N) is 2. The molecule has 38 heavy (non-hydrogen) atoms. The van der Waals surface area contributed by atoms with Crippen molar-refractivity contribution in [2.24, 2.45) is 0 Å². The Morgan fingerprint density at radius 2 is 1.79 bits per heavy atom. The van der Waals surface area contributed by atoms with Gasteiger partial charge in [0.25, 0.3) is 0 Å². The number of hydrogen-bond acceptors (Lipinski definition) is 8. The number of hydrogen-bond donors (Lipinski definition) is 0. The minimum atomic E-state index is -4.32. The fraction of sp³-hybridized carbons (Fsp3) is 0.480. The Hall–Kier alpha value is -1.49. The molecule has 13 heteroatoms. The lowest BCUT2D eigenvalue weighted by molar-refractivity contribution is -0.143. The van der Waals surface area contributed by atoms with E-state index in [9.17, 15) is 17.8 Å². The average Bonchev–Trinajstić information content (AvgIpc) is 2.84. The molecule has 0 bridgehead atoms. The third-order valence-electron chi connectivity index (χ3n) is 5.98. The Kier molecular flexibility index (Phi) is 10.8. The summed E-state index contributed by atoms with van der Waals surface area (Å²) in [5.74, 6) is -0.981. The first kappa shape index (κ1) is 31.0. The number of likely N-dealkylation sites (N-methyl/N-ethyl adjacent to an activating group) is 1. The van der Waals surface area contributed by atoms with Gasteiger partial charge in [0.15, 0.2) is 0 Å². The third kappa shape index (κ3) is 7.37. The first-order valence-electron chi connectivity index (χ1n) is 12.2. The SMILES string of the molecule is CCOC(=O)CN(CP(=O)(OCC)OCC)S(=O)(=O)c1cccc(C2CN(C)Cc3c(Cl)cc(Cl)cc32)c1. The van der Waals surface area contributed by atoms with E-state index in [0.717, 1.165) is 21.0 Å². The van der Waals surface area contributed by atoms with Gasteiger partial charge in [0.05, 0.1) is 24.7 Å². The van der Waals surface area contributed by atoms with Crippen molar-refractivity contribution in [2.45, 2.75) is 38.1 Å². The maximum absolute atomic E-state index is 13.8. The number of sulfonamides is 1. The van der Waals surface area contributed by atoms with E-state index in [2.05, 4.69) is 4.90 Å². The van der Waals surface area contributed by atoms with E-state index in [1.54, 1.807) is 39.0 Å². The Labute approximate surface area is 234 Å². The van der Waals surface area contributed by atoms with Crippen molar-refractivity contribution in [3.05, 3.63) is 63.1 Å². The summed E-state index contributed by atoms with van der Waals surface area (Å²) in [6.45, 7) is 5.61. The summed E-state index contributed by atoms with van der Waals surface area (Å²) in [6, 6.07) is 10.0. The minimum Gasteiger partial charge on any atom is -0.465 e. The topological polar surface area (TPSA) is 102 Å². The van der Waals surface area contributed by atoms with Crippen molar-refractivity contribution in [2.75, 3.05) is 46.2 Å². The maximum atomic E-state index is 13.8. The van der Waals surface area contributed by atoms with Crippen LogP contribution in [0.3, 0.4) is 0 Å². The second-order valence-electron chi connectivity index (χ2n) is 8.79. The second kappa shape index (κ2) is 13.2. The molecular weight excluding hydrogens is 574 g/mol. The van der Waals surface area contributed by atoms with Crippen LogP contribution in [0.25, 0.3) is 0 Å². The number of ether oxygens (including phenoxy) is 1. The standard InChI is InChI=1S/C25H33Cl2N2O7PS/c1-5-34-25(30)16-29(17-37(31,35-6-2)36-7-3)38(32,33)20-10-8-9-18(11-20)22-14-28(4)15-23-21(22)12-19(26)13-24(23)27/h8-13,22H,5-7,14-17H2,1-4H3. The van der Waals surface area contributed by atoms with Gasteiger partial charge in [-0.1, -0.05) is 35.3 Å². The molecule has 9 nitrogen and oxygen atoms in total. The van der Waals surface area contributed by atoms with Crippen LogP contribution in [0.5, 0.6) is 0 Å². The zero-order valence-corrected chi connectivity index (χ0v) is 25.1. The van der Waals surface area contributed by atoms with Crippen LogP contribution in [0.2, 0.25) is 10.0 Å². The molecule has 0 fully saturated rings. The number of esters is 1. The van der Waals surface area contributed by atoms with Gasteiger partial charge < -0.3 is 18.7 Å². The molecule has 0 N–H and O–H groups in total. The van der Waals surface area contributed by atoms with Gasteiger partial charge >= 0.3 is 13.6 Å². The van der Waals surface area contributed by atoms with Crippen molar-refractivity contribution in [1.82, 2.24) is 9.21 Å². The summed E-state index contributed by atoms with van der Waals surface area (Å²) in [4.78, 5) is 14.4. The Balaban J connectivity index is 2.05. The molecule has 0 saturated heterocycles. The predicted octanol–water partition coefficient (Wildman–Crippen LogP) is 5.35. The predicted molar refractivity (Wildman–Crippen MR) is 147 cm³/mol. The molecule has 0 aliphatic carbocycles. The van der Waals surface area contributed by atoms with E-state index in [-0.39, 0.29) is 30.6 Å². The third-order valence-corrected chi connectivity index (χ3v) is 10.5. The lowest BCUT2D eigenvalue weighted by Crippen LogP contribution is -2.38. The number of rotatable bonds is 12. The summed E-state index contributed by atoms with van der Waals surface area (Å²) in [6.07, 6.45) is -0.639. The molecule has 2 aromatic rings. The van der Waals surface area contributed by atoms with Crippen LogP contribution in [0.15, 0.2) is 41.3 Å². The van der Waals surface area contributed by atoms with Gasteiger partial charge in [-0.05, 0) is 68.8 Å². The molecule has 0 radical (unpaired) electrons. The van der Waals surface area contributed by atoms with Gasteiger partial charge in [-0.2, -0.15) is 4.31 Å². The number of carbonyl (C=O) groups excluding carboxylic acids is 1. The lowest BCUT2D eigenvalue weighted by atomic mass is 9.85. The van der Waals surface area contributed by atoms with Gasteiger partial charge in [0, 0.05) is 29.1 Å². The summed E-state index contributed by atoms with van der Waals surface area (Å²) < 4.78 is 57.3. The van der Waals surface area contributed by atoms with Crippen molar-refractivity contribution in [3.63, 3.8) is 0 Å². The molecule has 0 spiro atoms. The van der Waals surface area contributed by atoms with Crippen molar-refractivity contribution in [1.29, 1.82) is 0 Å². The number of carbonyl (C=O) groups is 1. The summed E-state index contributed by atoms with van der Waals surface area (Å²) in [7, 11) is -6.22. The first-order chi connectivity index (χ1) is 17.9. The molecule has 0 saturated carbocycles. The van der Waals surface area contributed by atoms with Crippen LogP contribution in [-0.2, 0) is 39.7 Å². The number of halogens is 2. The van der Waals surface area contributed by atoms with E-state index in [1.807, 2.05) is 19.2 Å². The van der Waals surface area contributed by atoms with E-state index in [0.29, 0.717) is 23.1 Å². The smallest absolute Gasteiger partial charge is 0.345 e. The Morgan fingerprint density at radius 3 is 2.42 bits per heavy atom. The average molecular weight is 607 g/mol. The molecular formula is C25H33Cl2N2O7PS. The molecule has 0 aromatic heterocycles. The highest BCUT2D eigenvalue weighted by Gasteiger charge is 2.37. The molecule has 1 atom stereocenters. The largest absolute Gasteiger partial charge is 0.465 e. The molecule has 0 amide bonds. The van der Waals surface area contributed by atoms with E-state index in [4.69, 9.17) is 37.0 Å². The molecule has 1 unspecified atom stereocenters. The normalized spacial score (nSPS) is 16.4. The van der Waals surface area contributed by atoms with Gasteiger partial charge in [-0.25, -0.2) is 8.42 Å². The molecule has 1 aliphatic rings. The van der Waals surface area contributed by atoms with Gasteiger partial charge in [0.1, 0.15) is 12.8 Å². The van der Waals surface area contributed by atoms with Crippen molar-refractivity contribution >= 4 is 46.8 Å². The molecule has 1 aliphatic heterocycles. The zero-order chi connectivity index (χ0) is 28.1. The summed E-state index contributed by atoms with van der Waals surface area (Å²) >= 11 is 12.8. The lowest BCUT2D eigenvalue weighted by Gasteiger charge is -2.33. The Bertz CT molecular complexity index is 1300. The fourth-order valence-corrected chi connectivity index (χ4v) is 8.66. The van der Waals surface area contributed by atoms with Gasteiger partial charge in [0.2, 0.25) is 10.0 Å². The molecule has 210 valence electrons. The van der Waals surface area contributed by atoms with Gasteiger partial charge in [-0.3, -0.25) is 9.36 Å². The van der Waals surface area contributed by atoms with Crippen LogP contribution in [0.1, 0.15) is 43.4 Å². The number of fused-ring (bicyclic) bond motifs is 1. The van der Waals surface area contributed by atoms with Crippen LogP contribution >= 0.6 is 30.8 Å². The molecule has 2 aromatic carbocycles.